The molecule has 0 spiro atoms. The molecule has 8 heteroatoms. The zero-order chi connectivity index (χ0) is 19.2. The summed E-state index contributed by atoms with van der Waals surface area (Å²) < 4.78 is 27.3. The number of hydrogen-bond donors (Lipinski definition) is 2. The van der Waals surface area contributed by atoms with Crippen molar-refractivity contribution in [3.8, 4) is 0 Å². The Morgan fingerprint density at radius 1 is 0.920 bits per heavy atom. The Kier molecular flexibility index (Phi) is 14.1. The second-order valence-corrected chi connectivity index (χ2v) is 8.92. The van der Waals surface area contributed by atoms with Gasteiger partial charge in [-0.25, -0.2) is 4.57 Å². The van der Waals surface area contributed by atoms with Gasteiger partial charge >= 0.3 is 7.82 Å². The molecule has 7 nitrogen and oxygen atoms in total. The van der Waals surface area contributed by atoms with Gasteiger partial charge in [-0.05, 0) is 6.42 Å². The number of likely N-dealkylation sites (N-methyl/N-ethyl adjacent to an activating group) is 1. The maximum atomic E-state index is 11.7. The van der Waals surface area contributed by atoms with Crippen LogP contribution in [0.5, 0.6) is 0 Å². The van der Waals surface area contributed by atoms with Crippen molar-refractivity contribution in [2.75, 3.05) is 54.1 Å². The van der Waals surface area contributed by atoms with Gasteiger partial charge in [0, 0.05) is 6.61 Å². The van der Waals surface area contributed by atoms with Crippen LogP contribution >= 0.6 is 7.82 Å². The minimum absolute atomic E-state index is 0.0920. The Hall–Kier alpha value is -0.0100. The monoisotopic (exact) mass is 384 g/mol. The summed E-state index contributed by atoms with van der Waals surface area (Å²) >= 11 is 0. The lowest BCUT2D eigenvalue weighted by atomic mass is 10.1. The van der Waals surface area contributed by atoms with Crippen molar-refractivity contribution < 1.29 is 32.8 Å². The molecule has 0 aliphatic rings. The SMILES string of the molecule is CCCCCCCCCOC[C@@H](O)COP(=O)(O)OCC[N+](C)(C)C. The first-order chi connectivity index (χ1) is 11.7. The second kappa shape index (κ2) is 14.1. The summed E-state index contributed by atoms with van der Waals surface area (Å²) in [4.78, 5) is 9.54. The molecule has 0 saturated carbocycles. The average Bonchev–Trinajstić information content (AvgIpc) is 2.50. The number of unbranched alkanes of at least 4 members (excludes halogenated alkanes) is 6. The van der Waals surface area contributed by atoms with E-state index in [4.69, 9.17) is 13.8 Å². The quantitative estimate of drug-likeness (QED) is 0.228. The van der Waals surface area contributed by atoms with Crippen molar-refractivity contribution in [2.24, 2.45) is 0 Å². The van der Waals surface area contributed by atoms with E-state index in [0.29, 0.717) is 17.6 Å². The van der Waals surface area contributed by atoms with Gasteiger partial charge in [-0.3, -0.25) is 9.05 Å². The van der Waals surface area contributed by atoms with Gasteiger partial charge in [-0.2, -0.15) is 0 Å². The Balaban J connectivity index is 3.59. The summed E-state index contributed by atoms with van der Waals surface area (Å²) in [6.07, 6.45) is 7.49. The van der Waals surface area contributed by atoms with Crippen LogP contribution in [0.2, 0.25) is 0 Å². The molecule has 0 radical (unpaired) electrons. The Morgan fingerprint density at radius 2 is 1.52 bits per heavy atom. The highest BCUT2D eigenvalue weighted by Crippen LogP contribution is 2.43. The lowest BCUT2D eigenvalue weighted by Gasteiger charge is -2.24. The summed E-state index contributed by atoms with van der Waals surface area (Å²) in [7, 11) is 1.75. The molecule has 0 rings (SSSR count). The molecule has 25 heavy (non-hydrogen) atoms. The molecule has 2 N–H and O–H groups in total. The van der Waals surface area contributed by atoms with E-state index >= 15 is 0 Å². The normalized spacial score (nSPS) is 15.9. The number of nitrogens with zero attached hydrogens (tertiary/aromatic N) is 1. The summed E-state index contributed by atoms with van der Waals surface area (Å²) in [5.74, 6) is 0. The predicted molar refractivity (Wildman–Crippen MR) is 99.4 cm³/mol. The average molecular weight is 384 g/mol. The summed E-state index contributed by atoms with van der Waals surface area (Å²) in [5, 5.41) is 9.73. The molecule has 0 aromatic rings. The molecular weight excluding hydrogens is 345 g/mol. The fourth-order valence-corrected chi connectivity index (χ4v) is 2.82. The molecule has 0 aliphatic carbocycles. The van der Waals surface area contributed by atoms with Crippen LogP contribution in [0.1, 0.15) is 51.9 Å². The van der Waals surface area contributed by atoms with E-state index in [1.54, 1.807) is 0 Å². The van der Waals surface area contributed by atoms with Crippen LogP contribution in [0.3, 0.4) is 0 Å². The fourth-order valence-electron chi connectivity index (χ4n) is 2.08. The maximum Gasteiger partial charge on any atom is 0.472 e. The highest BCUT2D eigenvalue weighted by atomic mass is 31.2. The lowest BCUT2D eigenvalue weighted by molar-refractivity contribution is -0.870. The molecule has 0 aromatic carbocycles. The van der Waals surface area contributed by atoms with Crippen molar-refractivity contribution in [3.63, 3.8) is 0 Å². The number of quaternary nitrogens is 1. The number of ether oxygens (including phenoxy) is 1. The van der Waals surface area contributed by atoms with Crippen LogP contribution in [0.15, 0.2) is 0 Å². The lowest BCUT2D eigenvalue weighted by Crippen LogP contribution is -2.37. The molecule has 0 saturated heterocycles. The van der Waals surface area contributed by atoms with E-state index in [2.05, 4.69) is 6.92 Å². The molecule has 0 aromatic heterocycles. The molecule has 2 atom stereocenters. The predicted octanol–water partition coefficient (Wildman–Crippen LogP) is 2.95. The zero-order valence-corrected chi connectivity index (χ0v) is 17.4. The first-order valence-electron chi connectivity index (χ1n) is 9.34. The Bertz CT molecular complexity index is 362. The van der Waals surface area contributed by atoms with Gasteiger partial charge in [0.25, 0.3) is 0 Å². The molecule has 0 heterocycles. The van der Waals surface area contributed by atoms with Crippen molar-refractivity contribution in [3.05, 3.63) is 0 Å². The van der Waals surface area contributed by atoms with Crippen molar-refractivity contribution in [1.29, 1.82) is 0 Å². The van der Waals surface area contributed by atoms with Gasteiger partial charge in [-0.1, -0.05) is 45.4 Å². The third-order valence-electron chi connectivity index (χ3n) is 3.65. The van der Waals surface area contributed by atoms with E-state index in [-0.39, 0.29) is 19.8 Å². The number of phosphoric acid groups is 1. The fraction of sp³-hybridized carbons (Fsp3) is 1.00. The smallest absolute Gasteiger partial charge is 0.388 e. The molecule has 1 unspecified atom stereocenters. The van der Waals surface area contributed by atoms with Crippen molar-refractivity contribution in [1.82, 2.24) is 0 Å². The summed E-state index contributed by atoms with van der Waals surface area (Å²) in [6.45, 7) is 3.29. The summed E-state index contributed by atoms with van der Waals surface area (Å²) in [6, 6.07) is 0. The van der Waals surface area contributed by atoms with Crippen molar-refractivity contribution in [2.45, 2.75) is 58.0 Å². The van der Waals surface area contributed by atoms with Gasteiger partial charge in [-0.15, -0.1) is 0 Å². The van der Waals surface area contributed by atoms with Crippen LogP contribution in [-0.2, 0) is 18.3 Å². The van der Waals surface area contributed by atoms with Gasteiger partial charge in [0.2, 0.25) is 0 Å². The van der Waals surface area contributed by atoms with Gasteiger partial charge < -0.3 is 19.2 Å². The number of aliphatic hydroxyl groups excluding tert-OH is 1. The van der Waals surface area contributed by atoms with Crippen LogP contribution < -0.4 is 0 Å². The Labute approximate surface area is 153 Å². The molecule has 0 fully saturated rings. The van der Waals surface area contributed by atoms with E-state index in [9.17, 15) is 14.6 Å². The van der Waals surface area contributed by atoms with Gasteiger partial charge in [0.05, 0.1) is 34.4 Å². The molecule has 152 valence electrons. The second-order valence-electron chi connectivity index (χ2n) is 7.46. The molecule has 0 aliphatic heterocycles. The van der Waals surface area contributed by atoms with Crippen LogP contribution in [-0.4, -0.2) is 74.7 Å². The van der Waals surface area contributed by atoms with E-state index in [1.807, 2.05) is 21.1 Å². The minimum Gasteiger partial charge on any atom is -0.388 e. The Morgan fingerprint density at radius 3 is 2.12 bits per heavy atom. The van der Waals surface area contributed by atoms with E-state index < -0.39 is 13.9 Å². The highest BCUT2D eigenvalue weighted by Gasteiger charge is 2.23. The number of rotatable bonds is 17. The first-order valence-corrected chi connectivity index (χ1v) is 10.8. The number of phosphoric ester groups is 1. The highest BCUT2D eigenvalue weighted by molar-refractivity contribution is 7.47. The molecule has 0 amide bonds. The summed E-state index contributed by atoms with van der Waals surface area (Å²) in [5.41, 5.74) is 0. The third kappa shape index (κ3) is 18.6. The zero-order valence-electron chi connectivity index (χ0n) is 16.5. The van der Waals surface area contributed by atoms with E-state index in [1.165, 1.54) is 32.1 Å². The van der Waals surface area contributed by atoms with Gasteiger partial charge in [0.15, 0.2) is 0 Å². The van der Waals surface area contributed by atoms with Crippen molar-refractivity contribution >= 4 is 7.82 Å². The van der Waals surface area contributed by atoms with Gasteiger partial charge in [0.1, 0.15) is 19.3 Å². The molecular formula is C17H39NO6P+. The standard InChI is InChI=1S/C17H38NO6P/c1-5-6-7-8-9-10-11-13-22-15-17(19)16-24-25(20,21)23-14-12-18(2,3)4/h17,19H,5-16H2,1-4H3/p+1/t17-/m1/s1. The van der Waals surface area contributed by atoms with E-state index in [0.717, 1.165) is 12.8 Å². The minimum atomic E-state index is -4.12. The van der Waals surface area contributed by atoms with Crippen LogP contribution in [0, 0.1) is 0 Å². The number of aliphatic hydroxyl groups is 1. The third-order valence-corrected chi connectivity index (χ3v) is 4.63. The van der Waals surface area contributed by atoms with Crippen LogP contribution in [0.4, 0.5) is 0 Å². The largest absolute Gasteiger partial charge is 0.472 e. The first kappa shape index (κ1) is 25.0. The maximum absolute atomic E-state index is 11.7. The topological polar surface area (TPSA) is 85.2 Å². The number of hydrogen-bond acceptors (Lipinski definition) is 5. The molecule has 0 bridgehead atoms. The van der Waals surface area contributed by atoms with Crippen LogP contribution in [0.25, 0.3) is 0 Å².